The molecule has 0 saturated carbocycles. The Labute approximate surface area is 123 Å². The van der Waals surface area contributed by atoms with Crippen molar-refractivity contribution in [2.24, 2.45) is 0 Å². The Morgan fingerprint density at radius 1 is 1.47 bits per heavy atom. The lowest BCUT2D eigenvalue weighted by Crippen LogP contribution is -2.28. The van der Waals surface area contributed by atoms with Crippen molar-refractivity contribution in [3.05, 3.63) is 39.8 Å². The Kier molecular flexibility index (Phi) is 5.85. The number of carboxylic acids is 1. The maximum absolute atomic E-state index is 11.4. The second kappa shape index (κ2) is 7.16. The molecule has 0 unspecified atom stereocenters. The van der Waals surface area contributed by atoms with Crippen LogP contribution in [-0.4, -0.2) is 23.7 Å². The van der Waals surface area contributed by atoms with Gasteiger partial charge in [0.05, 0.1) is 5.02 Å². The van der Waals surface area contributed by atoms with Gasteiger partial charge in [0.1, 0.15) is 0 Å². The van der Waals surface area contributed by atoms with Crippen molar-refractivity contribution in [1.29, 1.82) is 0 Å². The van der Waals surface area contributed by atoms with E-state index in [4.69, 9.17) is 21.4 Å². The van der Waals surface area contributed by atoms with Gasteiger partial charge in [-0.3, -0.25) is 0 Å². The number of aliphatic carboxylic acids is 1. The van der Waals surface area contributed by atoms with Gasteiger partial charge in [0.15, 0.2) is 5.75 Å². The number of carbonyl (C=O) groups is 2. The largest absolute Gasteiger partial charge is 0.478 e. The maximum Gasteiger partial charge on any atom is 0.412 e. The molecule has 1 aromatic rings. The van der Waals surface area contributed by atoms with Crippen LogP contribution < -0.4 is 10.1 Å². The summed E-state index contributed by atoms with van der Waals surface area (Å²) in [6, 6.07) is 4.82. The Bertz CT molecular complexity index is 518. The van der Waals surface area contributed by atoms with Crippen molar-refractivity contribution < 1.29 is 19.4 Å². The third-order valence-electron chi connectivity index (χ3n) is 2.10. The van der Waals surface area contributed by atoms with Gasteiger partial charge >= 0.3 is 12.1 Å². The highest BCUT2D eigenvalue weighted by molar-refractivity contribution is 9.10. The summed E-state index contributed by atoms with van der Waals surface area (Å²) in [5.74, 6) is -0.870. The maximum atomic E-state index is 11.4. The summed E-state index contributed by atoms with van der Waals surface area (Å²) in [5.41, 5.74) is 0.0157. The fourth-order valence-corrected chi connectivity index (χ4v) is 1.83. The molecule has 2 N–H and O–H groups in total. The molecule has 0 aromatic heterocycles. The number of nitrogens with one attached hydrogen (secondary N) is 1. The topological polar surface area (TPSA) is 75.6 Å². The van der Waals surface area contributed by atoms with E-state index in [0.717, 1.165) is 4.47 Å². The van der Waals surface area contributed by atoms with Gasteiger partial charge < -0.3 is 15.2 Å². The number of halogens is 2. The third-order valence-corrected chi connectivity index (χ3v) is 2.88. The van der Waals surface area contributed by atoms with Crippen molar-refractivity contribution in [3.63, 3.8) is 0 Å². The number of carbonyl (C=O) groups excluding carboxylic acids is 1. The number of hydrogen-bond donors (Lipinski definition) is 2. The minimum atomic E-state index is -1.09. The molecule has 7 heteroatoms. The molecule has 0 spiro atoms. The summed E-state index contributed by atoms with van der Waals surface area (Å²) < 4.78 is 5.73. The van der Waals surface area contributed by atoms with Crippen molar-refractivity contribution >= 4 is 39.6 Å². The van der Waals surface area contributed by atoms with E-state index in [0.29, 0.717) is 5.02 Å². The fourth-order valence-electron chi connectivity index (χ4n) is 1.12. The molecule has 0 aliphatic heterocycles. The van der Waals surface area contributed by atoms with Crippen LogP contribution in [0.4, 0.5) is 4.79 Å². The highest BCUT2D eigenvalue weighted by Crippen LogP contribution is 2.27. The first-order valence-corrected chi connectivity index (χ1v) is 6.39. The minimum Gasteiger partial charge on any atom is -0.478 e. The molecule has 1 rings (SSSR count). The summed E-state index contributed by atoms with van der Waals surface area (Å²) in [6.07, 6.45) is -0.569. The summed E-state index contributed by atoms with van der Waals surface area (Å²) in [5, 5.41) is 11.3. The average Bonchev–Trinajstić information content (AvgIpc) is 2.32. The molecule has 0 heterocycles. The van der Waals surface area contributed by atoms with E-state index in [1.807, 2.05) is 0 Å². The molecular formula is C12H11BrClNO4. The number of rotatable bonds is 5. The molecule has 1 aromatic carbocycles. The Morgan fingerprint density at radius 2 is 2.16 bits per heavy atom. The van der Waals surface area contributed by atoms with Gasteiger partial charge in [0.25, 0.3) is 0 Å². The molecule has 0 atom stereocenters. The van der Waals surface area contributed by atoms with Crippen LogP contribution in [0.3, 0.4) is 0 Å². The highest BCUT2D eigenvalue weighted by atomic mass is 79.9. The molecule has 0 fully saturated rings. The summed E-state index contributed by atoms with van der Waals surface area (Å²) >= 11 is 9.10. The van der Waals surface area contributed by atoms with Gasteiger partial charge in [-0.25, -0.2) is 9.59 Å². The first-order chi connectivity index (χ1) is 8.90. The van der Waals surface area contributed by atoms with Crippen LogP contribution >= 0.6 is 27.5 Å². The number of ether oxygens (including phenoxy) is 1. The van der Waals surface area contributed by atoms with Crippen LogP contribution in [0.2, 0.25) is 5.02 Å². The second-order valence-electron chi connectivity index (χ2n) is 3.55. The van der Waals surface area contributed by atoms with E-state index in [1.54, 1.807) is 18.2 Å². The Hall–Kier alpha value is -1.53. The SMILES string of the molecule is C=C(CCNC(=O)Oc1ccc(Br)cc1Cl)C(=O)O. The zero-order valence-electron chi connectivity index (χ0n) is 9.78. The van der Waals surface area contributed by atoms with Gasteiger partial charge in [-0.2, -0.15) is 0 Å². The quantitative estimate of drug-likeness (QED) is 0.801. The fraction of sp³-hybridized carbons (Fsp3) is 0.167. The predicted molar refractivity (Wildman–Crippen MR) is 74.6 cm³/mol. The van der Waals surface area contributed by atoms with Gasteiger partial charge in [-0.1, -0.05) is 34.1 Å². The molecular weight excluding hydrogens is 337 g/mol. The third kappa shape index (κ3) is 5.32. The van der Waals surface area contributed by atoms with E-state index in [9.17, 15) is 9.59 Å². The zero-order valence-corrected chi connectivity index (χ0v) is 12.1. The smallest absolute Gasteiger partial charge is 0.412 e. The standard InChI is InChI=1S/C12H11BrClNO4/c1-7(11(16)17)4-5-15-12(18)19-10-3-2-8(13)6-9(10)14/h2-3,6H,1,4-5H2,(H,15,18)(H,16,17). The summed E-state index contributed by atoms with van der Waals surface area (Å²) in [6.45, 7) is 3.46. The van der Waals surface area contributed by atoms with Gasteiger partial charge in [0, 0.05) is 16.6 Å². The van der Waals surface area contributed by atoms with Crippen molar-refractivity contribution in [2.45, 2.75) is 6.42 Å². The number of carboxylic acid groups (broad SMARTS) is 1. The molecule has 1 amide bonds. The normalized spacial score (nSPS) is 9.79. The van der Waals surface area contributed by atoms with Crippen LogP contribution in [0, 0.1) is 0 Å². The van der Waals surface area contributed by atoms with Crippen LogP contribution in [0.5, 0.6) is 5.75 Å². The first kappa shape index (κ1) is 15.5. The predicted octanol–water partition coefficient (Wildman–Crippen LogP) is 3.22. The first-order valence-electron chi connectivity index (χ1n) is 5.22. The van der Waals surface area contributed by atoms with Crippen molar-refractivity contribution in [3.8, 4) is 5.75 Å². The van der Waals surface area contributed by atoms with Gasteiger partial charge in [0.2, 0.25) is 0 Å². The van der Waals surface area contributed by atoms with Gasteiger partial charge in [-0.15, -0.1) is 0 Å². The molecule has 0 radical (unpaired) electrons. The van der Waals surface area contributed by atoms with E-state index < -0.39 is 12.1 Å². The average molecular weight is 349 g/mol. The van der Waals surface area contributed by atoms with Crippen LogP contribution in [0.1, 0.15) is 6.42 Å². The molecule has 0 bridgehead atoms. The minimum absolute atomic E-state index is 0.0157. The van der Waals surface area contributed by atoms with E-state index in [1.165, 1.54) is 0 Å². The summed E-state index contributed by atoms with van der Waals surface area (Å²) in [4.78, 5) is 21.9. The van der Waals surface area contributed by atoms with E-state index >= 15 is 0 Å². The second-order valence-corrected chi connectivity index (χ2v) is 4.87. The monoisotopic (exact) mass is 347 g/mol. The highest BCUT2D eigenvalue weighted by Gasteiger charge is 2.09. The summed E-state index contributed by atoms with van der Waals surface area (Å²) in [7, 11) is 0. The van der Waals surface area contributed by atoms with Gasteiger partial charge in [-0.05, 0) is 24.6 Å². The molecule has 102 valence electrons. The lowest BCUT2D eigenvalue weighted by molar-refractivity contribution is -0.132. The number of benzene rings is 1. The molecule has 0 aliphatic rings. The molecule has 0 aliphatic carbocycles. The van der Waals surface area contributed by atoms with Crippen LogP contribution in [0.15, 0.2) is 34.8 Å². The van der Waals surface area contributed by atoms with Crippen LogP contribution in [0.25, 0.3) is 0 Å². The number of hydrogen-bond acceptors (Lipinski definition) is 3. The number of amides is 1. The lowest BCUT2D eigenvalue weighted by atomic mass is 10.2. The molecule has 0 saturated heterocycles. The van der Waals surface area contributed by atoms with Crippen LogP contribution in [-0.2, 0) is 4.79 Å². The van der Waals surface area contributed by atoms with E-state index in [-0.39, 0.29) is 24.3 Å². The van der Waals surface area contributed by atoms with Crippen molar-refractivity contribution in [2.75, 3.05) is 6.54 Å². The van der Waals surface area contributed by atoms with E-state index in [2.05, 4.69) is 27.8 Å². The molecule has 19 heavy (non-hydrogen) atoms. The Balaban J connectivity index is 2.43. The molecule has 5 nitrogen and oxygen atoms in total. The lowest BCUT2D eigenvalue weighted by Gasteiger charge is -2.08. The zero-order chi connectivity index (χ0) is 14.4. The Morgan fingerprint density at radius 3 is 2.74 bits per heavy atom. The van der Waals surface area contributed by atoms with Crippen molar-refractivity contribution in [1.82, 2.24) is 5.32 Å².